The number of para-hydroxylation sites is 1. The van der Waals surface area contributed by atoms with Gasteiger partial charge in [0, 0.05) is 24.2 Å². The van der Waals surface area contributed by atoms with Crippen molar-refractivity contribution in [3.8, 4) is 11.8 Å². The van der Waals surface area contributed by atoms with Crippen LogP contribution in [-0.4, -0.2) is 13.0 Å². The Morgan fingerprint density at radius 3 is 2.40 bits per heavy atom. The van der Waals surface area contributed by atoms with Gasteiger partial charge in [0.15, 0.2) is 0 Å². The van der Waals surface area contributed by atoms with Crippen molar-refractivity contribution in [3.63, 3.8) is 0 Å². The third-order valence-electron chi connectivity index (χ3n) is 3.13. The van der Waals surface area contributed by atoms with Gasteiger partial charge in [-0.05, 0) is 30.2 Å². The van der Waals surface area contributed by atoms with Crippen LogP contribution in [0.2, 0.25) is 0 Å². The van der Waals surface area contributed by atoms with Gasteiger partial charge in [-0.2, -0.15) is 0 Å². The fraction of sp³-hybridized carbons (Fsp3) is 0.167. The fourth-order valence-electron chi connectivity index (χ4n) is 1.98. The van der Waals surface area contributed by atoms with Gasteiger partial charge >= 0.3 is 5.91 Å². The van der Waals surface area contributed by atoms with E-state index in [1.165, 1.54) is 0 Å². The van der Waals surface area contributed by atoms with Gasteiger partial charge in [0.05, 0.1) is 0 Å². The monoisotopic (exact) mass is 263 g/mol. The lowest BCUT2D eigenvalue weighted by atomic mass is 10.1. The van der Waals surface area contributed by atoms with E-state index < -0.39 is 0 Å². The second-order valence-electron chi connectivity index (χ2n) is 4.46. The number of rotatable bonds is 2. The summed E-state index contributed by atoms with van der Waals surface area (Å²) in [7, 11) is 1.76. The topological polar surface area (TPSA) is 20.3 Å². The Hall–Kier alpha value is -2.53. The van der Waals surface area contributed by atoms with Gasteiger partial charge in [-0.15, -0.1) is 0 Å². The smallest absolute Gasteiger partial charge is 0.302 e. The molecule has 0 radical (unpaired) electrons. The quantitative estimate of drug-likeness (QED) is 0.762. The standard InChI is InChI=1S/C18H17NO/c1-3-16-11-7-8-12-17(16)19(2)18(20)14-13-15-9-5-4-6-10-15/h4-12H,3H2,1-2H3. The minimum absolute atomic E-state index is 0.199. The number of nitrogens with zero attached hydrogens (tertiary/aromatic N) is 1. The van der Waals surface area contributed by atoms with Crippen LogP contribution in [0.5, 0.6) is 0 Å². The van der Waals surface area contributed by atoms with Crippen molar-refractivity contribution in [2.45, 2.75) is 13.3 Å². The lowest BCUT2D eigenvalue weighted by Gasteiger charge is -2.17. The van der Waals surface area contributed by atoms with Gasteiger partial charge in [0.1, 0.15) is 0 Å². The van der Waals surface area contributed by atoms with Gasteiger partial charge in [0.25, 0.3) is 0 Å². The Balaban J connectivity index is 2.20. The van der Waals surface area contributed by atoms with Gasteiger partial charge < -0.3 is 4.90 Å². The van der Waals surface area contributed by atoms with Crippen molar-refractivity contribution in [2.75, 3.05) is 11.9 Å². The van der Waals surface area contributed by atoms with E-state index in [0.29, 0.717) is 0 Å². The molecule has 0 aromatic heterocycles. The molecule has 2 rings (SSSR count). The van der Waals surface area contributed by atoms with E-state index in [-0.39, 0.29) is 5.91 Å². The molecule has 20 heavy (non-hydrogen) atoms. The molecule has 1 amide bonds. The molecule has 0 unspecified atom stereocenters. The van der Waals surface area contributed by atoms with E-state index in [4.69, 9.17) is 0 Å². The number of hydrogen-bond acceptors (Lipinski definition) is 1. The van der Waals surface area contributed by atoms with E-state index >= 15 is 0 Å². The number of benzene rings is 2. The first-order chi connectivity index (χ1) is 9.72. The zero-order valence-corrected chi connectivity index (χ0v) is 11.8. The van der Waals surface area contributed by atoms with Crippen LogP contribution in [0.25, 0.3) is 0 Å². The highest BCUT2D eigenvalue weighted by molar-refractivity contribution is 6.06. The second kappa shape index (κ2) is 6.58. The van der Waals surface area contributed by atoms with Crippen LogP contribution in [0.3, 0.4) is 0 Å². The summed E-state index contributed by atoms with van der Waals surface area (Å²) in [5.74, 6) is 5.38. The van der Waals surface area contributed by atoms with E-state index in [1.54, 1.807) is 11.9 Å². The summed E-state index contributed by atoms with van der Waals surface area (Å²) in [6.07, 6.45) is 0.889. The minimum Gasteiger partial charge on any atom is -0.304 e. The number of hydrogen-bond donors (Lipinski definition) is 0. The predicted octanol–water partition coefficient (Wildman–Crippen LogP) is 3.26. The van der Waals surface area contributed by atoms with Gasteiger partial charge in [0.2, 0.25) is 0 Å². The van der Waals surface area contributed by atoms with Crippen molar-refractivity contribution in [1.29, 1.82) is 0 Å². The first-order valence-corrected chi connectivity index (χ1v) is 6.65. The van der Waals surface area contributed by atoms with Crippen LogP contribution in [0, 0.1) is 11.8 Å². The SMILES string of the molecule is CCc1ccccc1N(C)C(=O)C#Cc1ccccc1. The normalized spacial score (nSPS) is 9.50. The third-order valence-corrected chi connectivity index (χ3v) is 3.13. The minimum atomic E-state index is -0.199. The number of amides is 1. The summed E-state index contributed by atoms with van der Waals surface area (Å²) in [6.45, 7) is 2.08. The highest BCUT2D eigenvalue weighted by Gasteiger charge is 2.10. The number of anilines is 1. The highest BCUT2D eigenvalue weighted by Crippen LogP contribution is 2.19. The molecular weight excluding hydrogens is 246 g/mol. The van der Waals surface area contributed by atoms with E-state index in [0.717, 1.165) is 23.2 Å². The summed E-state index contributed by atoms with van der Waals surface area (Å²) in [4.78, 5) is 13.7. The molecule has 0 spiro atoms. The Morgan fingerprint density at radius 1 is 1.05 bits per heavy atom. The molecule has 0 atom stereocenters. The van der Waals surface area contributed by atoms with Crippen molar-refractivity contribution in [2.24, 2.45) is 0 Å². The maximum atomic E-state index is 12.1. The van der Waals surface area contributed by atoms with Crippen molar-refractivity contribution in [3.05, 3.63) is 65.7 Å². The molecule has 0 heterocycles. The maximum Gasteiger partial charge on any atom is 0.302 e. The average molecular weight is 263 g/mol. The van der Waals surface area contributed by atoms with Gasteiger partial charge in [-0.1, -0.05) is 49.2 Å². The van der Waals surface area contributed by atoms with Crippen LogP contribution in [-0.2, 0) is 11.2 Å². The first-order valence-electron chi connectivity index (χ1n) is 6.65. The lowest BCUT2D eigenvalue weighted by molar-refractivity contribution is -0.113. The highest BCUT2D eigenvalue weighted by atomic mass is 16.2. The summed E-state index contributed by atoms with van der Waals surface area (Å²) < 4.78 is 0. The molecule has 2 aromatic carbocycles. The Labute approximate surface area is 120 Å². The number of carbonyl (C=O) groups is 1. The maximum absolute atomic E-state index is 12.1. The van der Waals surface area contributed by atoms with E-state index in [1.807, 2.05) is 54.6 Å². The predicted molar refractivity (Wildman–Crippen MR) is 82.6 cm³/mol. The Kier molecular flexibility index (Phi) is 4.57. The largest absolute Gasteiger partial charge is 0.304 e. The molecule has 0 N–H and O–H groups in total. The Bertz CT molecular complexity index is 650. The summed E-state index contributed by atoms with van der Waals surface area (Å²) in [5, 5.41) is 0. The fourth-order valence-corrected chi connectivity index (χ4v) is 1.98. The van der Waals surface area contributed by atoms with Crippen LogP contribution < -0.4 is 4.90 Å². The molecule has 0 aliphatic rings. The third kappa shape index (κ3) is 3.27. The van der Waals surface area contributed by atoms with Crippen LogP contribution in [0.1, 0.15) is 18.1 Å². The summed E-state index contributed by atoms with van der Waals surface area (Å²) in [5.41, 5.74) is 2.91. The van der Waals surface area contributed by atoms with Crippen LogP contribution in [0.4, 0.5) is 5.69 Å². The van der Waals surface area contributed by atoms with Gasteiger partial charge in [-0.3, -0.25) is 4.79 Å². The second-order valence-corrected chi connectivity index (χ2v) is 4.46. The van der Waals surface area contributed by atoms with Crippen molar-refractivity contribution in [1.82, 2.24) is 0 Å². The molecule has 0 saturated heterocycles. The average Bonchev–Trinajstić information content (AvgIpc) is 2.52. The summed E-state index contributed by atoms with van der Waals surface area (Å²) in [6, 6.07) is 17.4. The van der Waals surface area contributed by atoms with Crippen molar-refractivity contribution >= 4 is 11.6 Å². The first kappa shape index (κ1) is 13.9. The zero-order chi connectivity index (χ0) is 14.4. The van der Waals surface area contributed by atoms with Gasteiger partial charge in [-0.25, -0.2) is 0 Å². The van der Waals surface area contributed by atoms with Crippen LogP contribution >= 0.6 is 0 Å². The van der Waals surface area contributed by atoms with E-state index in [9.17, 15) is 4.79 Å². The zero-order valence-electron chi connectivity index (χ0n) is 11.8. The molecular formula is C18H17NO. The molecule has 0 fully saturated rings. The van der Waals surface area contributed by atoms with E-state index in [2.05, 4.69) is 18.8 Å². The number of carbonyl (C=O) groups excluding carboxylic acids is 1. The lowest BCUT2D eigenvalue weighted by Crippen LogP contribution is -2.25. The Morgan fingerprint density at radius 2 is 1.70 bits per heavy atom. The molecule has 0 aliphatic carbocycles. The van der Waals surface area contributed by atoms with Crippen molar-refractivity contribution < 1.29 is 4.79 Å². The molecule has 0 saturated carbocycles. The molecule has 100 valence electrons. The molecule has 0 aliphatic heterocycles. The molecule has 2 nitrogen and oxygen atoms in total. The molecule has 2 heteroatoms. The number of aryl methyl sites for hydroxylation is 1. The van der Waals surface area contributed by atoms with Crippen LogP contribution in [0.15, 0.2) is 54.6 Å². The molecule has 0 bridgehead atoms. The summed E-state index contributed by atoms with van der Waals surface area (Å²) >= 11 is 0. The molecule has 2 aromatic rings.